The maximum Gasteiger partial charge on any atom is -0.00159 e. The van der Waals surface area contributed by atoms with Crippen molar-refractivity contribution in [3.8, 4) is 0 Å². The van der Waals surface area contributed by atoms with Crippen LogP contribution in [0.25, 0.3) is 0 Å². The van der Waals surface area contributed by atoms with Crippen LogP contribution < -0.4 is 5.73 Å². The fraction of sp³-hybridized carbons (Fsp3) is 1.00. The van der Waals surface area contributed by atoms with E-state index in [0.29, 0.717) is 5.41 Å². The minimum absolute atomic E-state index is 0.497. The average Bonchev–Trinajstić information content (AvgIpc) is 2.53. The summed E-state index contributed by atoms with van der Waals surface area (Å²) in [5.74, 6) is 0.916. The second-order valence-electron chi connectivity index (χ2n) is 7.04. The van der Waals surface area contributed by atoms with Crippen molar-refractivity contribution in [2.24, 2.45) is 17.1 Å². The van der Waals surface area contributed by atoms with Crippen LogP contribution in [-0.2, 0) is 0 Å². The number of hydrogen-bond acceptors (Lipinski definition) is 2. The zero-order valence-electron chi connectivity index (χ0n) is 12.9. The number of nitrogens with two attached hydrogens (primary N) is 1. The van der Waals surface area contributed by atoms with E-state index in [2.05, 4.69) is 25.7 Å². The zero-order valence-corrected chi connectivity index (χ0v) is 12.9. The Morgan fingerprint density at radius 2 is 1.72 bits per heavy atom. The molecule has 2 heteroatoms. The molecule has 1 aliphatic rings. The lowest BCUT2D eigenvalue weighted by molar-refractivity contribution is 0.207. The Morgan fingerprint density at radius 1 is 1.00 bits per heavy atom. The van der Waals surface area contributed by atoms with Crippen LogP contribution >= 0.6 is 0 Å². The van der Waals surface area contributed by atoms with Gasteiger partial charge in [0.25, 0.3) is 0 Å². The van der Waals surface area contributed by atoms with Crippen LogP contribution in [0.4, 0.5) is 0 Å². The lowest BCUT2D eigenvalue weighted by Gasteiger charge is -2.29. The third kappa shape index (κ3) is 6.19. The standard InChI is InChI=1S/C16H34N2/c1-16(2,3)15-9-8-13-18(14-10-15)12-7-5-4-6-11-17/h15H,4-14,17H2,1-3H3. The summed E-state index contributed by atoms with van der Waals surface area (Å²) in [6.45, 7) is 12.0. The van der Waals surface area contributed by atoms with Crippen LogP contribution in [0.5, 0.6) is 0 Å². The first kappa shape index (κ1) is 16.0. The van der Waals surface area contributed by atoms with Crippen molar-refractivity contribution in [3.05, 3.63) is 0 Å². The summed E-state index contributed by atoms with van der Waals surface area (Å²) < 4.78 is 0. The van der Waals surface area contributed by atoms with Crippen molar-refractivity contribution in [1.82, 2.24) is 4.90 Å². The summed E-state index contributed by atoms with van der Waals surface area (Å²) in [4.78, 5) is 2.69. The fourth-order valence-electron chi connectivity index (χ4n) is 3.08. The molecule has 0 aromatic rings. The van der Waals surface area contributed by atoms with E-state index in [9.17, 15) is 0 Å². The van der Waals surface area contributed by atoms with Crippen molar-refractivity contribution in [2.45, 2.75) is 65.7 Å². The van der Waals surface area contributed by atoms with E-state index >= 15 is 0 Å². The Hall–Kier alpha value is -0.0800. The van der Waals surface area contributed by atoms with Gasteiger partial charge in [0, 0.05) is 0 Å². The highest BCUT2D eigenvalue weighted by atomic mass is 15.1. The van der Waals surface area contributed by atoms with E-state index < -0.39 is 0 Å². The van der Waals surface area contributed by atoms with Crippen LogP contribution in [0.2, 0.25) is 0 Å². The molecule has 0 aliphatic carbocycles. The molecular weight excluding hydrogens is 220 g/mol. The highest BCUT2D eigenvalue weighted by Crippen LogP contribution is 2.34. The topological polar surface area (TPSA) is 29.3 Å². The van der Waals surface area contributed by atoms with Gasteiger partial charge in [-0.2, -0.15) is 0 Å². The molecule has 0 radical (unpaired) electrons. The van der Waals surface area contributed by atoms with Crippen LogP contribution in [0.3, 0.4) is 0 Å². The van der Waals surface area contributed by atoms with Gasteiger partial charge in [-0.3, -0.25) is 0 Å². The van der Waals surface area contributed by atoms with Crippen LogP contribution in [0, 0.1) is 11.3 Å². The smallest absolute Gasteiger partial charge is 0.00159 e. The predicted molar refractivity (Wildman–Crippen MR) is 80.8 cm³/mol. The summed E-state index contributed by atoms with van der Waals surface area (Å²) in [5, 5.41) is 0. The van der Waals surface area contributed by atoms with Gasteiger partial charge in [0.05, 0.1) is 0 Å². The molecule has 1 saturated heterocycles. The first-order chi connectivity index (χ1) is 8.54. The number of rotatable bonds is 6. The van der Waals surface area contributed by atoms with Gasteiger partial charge in [-0.1, -0.05) is 33.6 Å². The van der Waals surface area contributed by atoms with E-state index in [-0.39, 0.29) is 0 Å². The van der Waals surface area contributed by atoms with Crippen molar-refractivity contribution >= 4 is 0 Å². The molecule has 0 saturated carbocycles. The summed E-state index contributed by atoms with van der Waals surface area (Å²) in [7, 11) is 0. The zero-order chi connectivity index (χ0) is 13.4. The minimum atomic E-state index is 0.497. The van der Waals surface area contributed by atoms with Gasteiger partial charge in [-0.05, 0) is 69.6 Å². The first-order valence-corrected chi connectivity index (χ1v) is 7.96. The van der Waals surface area contributed by atoms with Gasteiger partial charge in [0.1, 0.15) is 0 Å². The number of nitrogens with zero attached hydrogens (tertiary/aromatic N) is 1. The van der Waals surface area contributed by atoms with Gasteiger partial charge in [-0.15, -0.1) is 0 Å². The molecule has 2 nitrogen and oxygen atoms in total. The summed E-state index contributed by atoms with van der Waals surface area (Å²) >= 11 is 0. The van der Waals surface area contributed by atoms with E-state index in [1.165, 1.54) is 64.6 Å². The molecule has 0 aromatic heterocycles. The molecule has 1 aliphatic heterocycles. The van der Waals surface area contributed by atoms with Gasteiger partial charge in [0.15, 0.2) is 0 Å². The van der Waals surface area contributed by atoms with Gasteiger partial charge >= 0.3 is 0 Å². The largest absolute Gasteiger partial charge is 0.330 e. The Bertz CT molecular complexity index is 208. The maximum atomic E-state index is 5.52. The van der Waals surface area contributed by atoms with Crippen LogP contribution in [0.1, 0.15) is 65.7 Å². The van der Waals surface area contributed by atoms with Crippen molar-refractivity contribution < 1.29 is 0 Å². The van der Waals surface area contributed by atoms with Crippen molar-refractivity contribution in [2.75, 3.05) is 26.2 Å². The summed E-state index contributed by atoms with van der Waals surface area (Å²) in [5.41, 5.74) is 6.02. The monoisotopic (exact) mass is 254 g/mol. The summed E-state index contributed by atoms with van der Waals surface area (Å²) in [6, 6.07) is 0. The highest BCUT2D eigenvalue weighted by Gasteiger charge is 2.26. The molecule has 1 fully saturated rings. The Morgan fingerprint density at radius 3 is 2.39 bits per heavy atom. The van der Waals surface area contributed by atoms with E-state index in [4.69, 9.17) is 5.73 Å². The normalized spacial score (nSPS) is 23.0. The maximum absolute atomic E-state index is 5.52. The first-order valence-electron chi connectivity index (χ1n) is 7.96. The highest BCUT2D eigenvalue weighted by molar-refractivity contribution is 4.78. The average molecular weight is 254 g/mol. The predicted octanol–water partition coefficient (Wildman–Crippen LogP) is 3.65. The van der Waals surface area contributed by atoms with Crippen molar-refractivity contribution in [1.29, 1.82) is 0 Å². The molecule has 1 unspecified atom stereocenters. The lowest BCUT2D eigenvalue weighted by atomic mass is 9.77. The number of hydrogen-bond donors (Lipinski definition) is 1. The third-order valence-electron chi connectivity index (χ3n) is 4.47. The Balaban J connectivity index is 2.17. The second-order valence-corrected chi connectivity index (χ2v) is 7.04. The molecule has 1 heterocycles. The fourth-order valence-corrected chi connectivity index (χ4v) is 3.08. The van der Waals surface area contributed by atoms with Crippen LogP contribution in [0.15, 0.2) is 0 Å². The van der Waals surface area contributed by atoms with Crippen molar-refractivity contribution in [3.63, 3.8) is 0 Å². The Labute approximate surface area is 114 Å². The lowest BCUT2D eigenvalue weighted by Crippen LogP contribution is -2.27. The molecule has 2 N–H and O–H groups in total. The molecule has 1 atom stereocenters. The van der Waals surface area contributed by atoms with Gasteiger partial charge in [0.2, 0.25) is 0 Å². The third-order valence-corrected chi connectivity index (χ3v) is 4.47. The molecule has 0 aromatic carbocycles. The SMILES string of the molecule is CC(C)(C)C1CCCN(CCCCCCN)CC1. The van der Waals surface area contributed by atoms with Gasteiger partial charge < -0.3 is 10.6 Å². The quantitative estimate of drug-likeness (QED) is 0.733. The van der Waals surface area contributed by atoms with E-state index in [1.54, 1.807) is 0 Å². The molecule has 18 heavy (non-hydrogen) atoms. The van der Waals surface area contributed by atoms with Gasteiger partial charge in [-0.25, -0.2) is 0 Å². The number of likely N-dealkylation sites (tertiary alicyclic amines) is 1. The van der Waals surface area contributed by atoms with E-state index in [0.717, 1.165) is 12.5 Å². The summed E-state index contributed by atoms with van der Waals surface area (Å²) in [6.07, 6.45) is 9.45. The molecular formula is C16H34N2. The molecule has 1 rings (SSSR count). The molecule has 108 valence electrons. The second kappa shape index (κ2) is 8.16. The molecule has 0 amide bonds. The molecule has 0 bridgehead atoms. The molecule has 0 spiro atoms. The number of unbranched alkanes of at least 4 members (excludes halogenated alkanes) is 3. The minimum Gasteiger partial charge on any atom is -0.330 e. The van der Waals surface area contributed by atoms with Crippen LogP contribution in [-0.4, -0.2) is 31.1 Å². The Kier molecular flexibility index (Phi) is 7.25. The van der Waals surface area contributed by atoms with E-state index in [1.807, 2.05) is 0 Å².